The van der Waals surface area contributed by atoms with Crippen LogP contribution in [-0.2, 0) is 4.79 Å². The molecule has 1 aliphatic rings. The summed E-state index contributed by atoms with van der Waals surface area (Å²) in [5.41, 5.74) is 1.21. The molecule has 2 atom stereocenters. The molecule has 1 aliphatic heterocycles. The summed E-state index contributed by atoms with van der Waals surface area (Å²) in [7, 11) is 0. The normalized spacial score (nSPS) is 23.1. The van der Waals surface area contributed by atoms with E-state index in [1.165, 1.54) is 0 Å². The van der Waals surface area contributed by atoms with Crippen LogP contribution in [0.3, 0.4) is 0 Å². The molecule has 3 N–H and O–H groups in total. The van der Waals surface area contributed by atoms with Gasteiger partial charge in [0.15, 0.2) is 0 Å². The molecule has 2 rings (SSSR count). The number of nitrogens with zero attached hydrogens (tertiary/aromatic N) is 1. The third-order valence-corrected chi connectivity index (χ3v) is 4.05. The molecule has 1 heterocycles. The van der Waals surface area contributed by atoms with Crippen molar-refractivity contribution in [1.29, 1.82) is 0 Å². The minimum absolute atomic E-state index is 0.0642. The molecule has 110 valence electrons. The molecule has 1 fully saturated rings. The Hall–Kier alpha value is -0.850. The fourth-order valence-electron chi connectivity index (χ4n) is 2.13. The van der Waals surface area contributed by atoms with Crippen molar-refractivity contribution in [3.05, 3.63) is 27.7 Å². The van der Waals surface area contributed by atoms with E-state index in [9.17, 15) is 15.0 Å². The van der Waals surface area contributed by atoms with Crippen molar-refractivity contribution in [2.75, 3.05) is 25.0 Å². The van der Waals surface area contributed by atoms with E-state index in [0.29, 0.717) is 15.7 Å². The maximum absolute atomic E-state index is 12.0. The molecule has 0 bridgehead atoms. The van der Waals surface area contributed by atoms with Gasteiger partial charge >= 0.3 is 0 Å². The lowest BCUT2D eigenvalue weighted by atomic mass is 10.2. The van der Waals surface area contributed by atoms with Gasteiger partial charge in [-0.2, -0.15) is 0 Å². The summed E-state index contributed by atoms with van der Waals surface area (Å²) in [6.07, 6.45) is -1.62. The third-order valence-electron chi connectivity index (χ3n) is 3.25. The zero-order valence-electron chi connectivity index (χ0n) is 10.9. The van der Waals surface area contributed by atoms with E-state index in [1.807, 2.05) is 6.92 Å². The minimum Gasteiger partial charge on any atom is -0.389 e. The Kier molecular flexibility index (Phi) is 4.88. The molecule has 1 aromatic rings. The van der Waals surface area contributed by atoms with Crippen LogP contribution in [0, 0.1) is 6.92 Å². The highest BCUT2D eigenvalue weighted by Gasteiger charge is 2.30. The van der Waals surface area contributed by atoms with Gasteiger partial charge in [-0.25, -0.2) is 0 Å². The van der Waals surface area contributed by atoms with Crippen molar-refractivity contribution in [1.82, 2.24) is 4.90 Å². The molecule has 0 aliphatic carbocycles. The predicted molar refractivity (Wildman–Crippen MR) is 78.3 cm³/mol. The van der Waals surface area contributed by atoms with E-state index in [0.717, 1.165) is 5.56 Å². The molecule has 0 aromatic heterocycles. The molecule has 0 saturated carbocycles. The average Bonchev–Trinajstić information content (AvgIpc) is 2.68. The summed E-state index contributed by atoms with van der Waals surface area (Å²) in [4.78, 5) is 13.6. The van der Waals surface area contributed by atoms with Crippen LogP contribution in [0.25, 0.3) is 0 Å². The zero-order chi connectivity index (χ0) is 14.9. The van der Waals surface area contributed by atoms with Crippen LogP contribution in [0.5, 0.6) is 0 Å². The van der Waals surface area contributed by atoms with Crippen LogP contribution in [0.2, 0.25) is 10.0 Å². The first-order valence-electron chi connectivity index (χ1n) is 6.21. The topological polar surface area (TPSA) is 72.8 Å². The largest absolute Gasteiger partial charge is 0.389 e. The van der Waals surface area contributed by atoms with Crippen molar-refractivity contribution >= 4 is 34.8 Å². The third kappa shape index (κ3) is 3.42. The van der Waals surface area contributed by atoms with Crippen molar-refractivity contribution in [3.63, 3.8) is 0 Å². The highest BCUT2D eigenvalue weighted by atomic mass is 35.5. The van der Waals surface area contributed by atoms with Gasteiger partial charge in [-0.05, 0) is 18.6 Å². The number of β-amino-alcohol motifs (C(OH)–C–C–N with tert-alkyl or cyclic N) is 2. The molecule has 1 amide bonds. The summed E-state index contributed by atoms with van der Waals surface area (Å²) in [5, 5.41) is 22.3. The van der Waals surface area contributed by atoms with E-state index in [4.69, 9.17) is 23.2 Å². The van der Waals surface area contributed by atoms with Gasteiger partial charge in [-0.1, -0.05) is 29.3 Å². The fraction of sp³-hybridized carbons (Fsp3) is 0.462. The molecular formula is C13H16Cl2N2O3. The number of nitrogens with one attached hydrogen (secondary N) is 1. The summed E-state index contributed by atoms with van der Waals surface area (Å²) >= 11 is 12.1. The minimum atomic E-state index is -0.811. The second-order valence-corrected chi connectivity index (χ2v) is 5.72. The van der Waals surface area contributed by atoms with Crippen molar-refractivity contribution in [3.8, 4) is 0 Å². The monoisotopic (exact) mass is 318 g/mol. The SMILES string of the molecule is Cc1ccc(Cl)c(NC(=O)CN2C[C@@H](O)[C@@H](O)C2)c1Cl. The number of hydrogen-bond donors (Lipinski definition) is 3. The first-order valence-corrected chi connectivity index (χ1v) is 6.97. The number of anilines is 1. The maximum Gasteiger partial charge on any atom is 0.238 e. The van der Waals surface area contributed by atoms with Gasteiger partial charge in [0.2, 0.25) is 5.91 Å². The van der Waals surface area contributed by atoms with E-state index >= 15 is 0 Å². The molecule has 5 nitrogen and oxygen atoms in total. The van der Waals surface area contributed by atoms with Crippen LogP contribution < -0.4 is 5.32 Å². The number of likely N-dealkylation sites (tertiary alicyclic amines) is 1. The molecule has 0 unspecified atom stereocenters. The average molecular weight is 319 g/mol. The Morgan fingerprint density at radius 1 is 1.35 bits per heavy atom. The number of aryl methyl sites for hydroxylation is 1. The number of halogens is 2. The lowest BCUT2D eigenvalue weighted by Gasteiger charge is -2.16. The van der Waals surface area contributed by atoms with Gasteiger partial charge in [0.25, 0.3) is 0 Å². The van der Waals surface area contributed by atoms with Crippen LogP contribution >= 0.6 is 23.2 Å². The van der Waals surface area contributed by atoms with Crippen LogP contribution in [0.1, 0.15) is 5.56 Å². The number of aliphatic hydroxyl groups is 2. The summed E-state index contributed by atoms with van der Waals surface area (Å²) in [6.45, 7) is 2.42. The first-order chi connectivity index (χ1) is 9.38. The van der Waals surface area contributed by atoms with Crippen molar-refractivity contribution < 1.29 is 15.0 Å². The Balaban J connectivity index is 2.01. The summed E-state index contributed by atoms with van der Waals surface area (Å²) < 4.78 is 0. The zero-order valence-corrected chi connectivity index (χ0v) is 12.4. The molecular weight excluding hydrogens is 303 g/mol. The highest BCUT2D eigenvalue weighted by molar-refractivity contribution is 6.40. The summed E-state index contributed by atoms with van der Waals surface area (Å²) in [5.74, 6) is -0.291. The van der Waals surface area contributed by atoms with Crippen LogP contribution in [-0.4, -0.2) is 52.9 Å². The number of aliphatic hydroxyl groups excluding tert-OH is 2. The fourth-order valence-corrected chi connectivity index (χ4v) is 2.59. The Labute approximate surface area is 127 Å². The molecule has 0 spiro atoms. The van der Waals surface area contributed by atoms with Crippen molar-refractivity contribution in [2.45, 2.75) is 19.1 Å². The van der Waals surface area contributed by atoms with E-state index in [-0.39, 0.29) is 25.5 Å². The van der Waals surface area contributed by atoms with Gasteiger partial charge in [-0.3, -0.25) is 9.69 Å². The van der Waals surface area contributed by atoms with Gasteiger partial charge in [-0.15, -0.1) is 0 Å². The van der Waals surface area contributed by atoms with Gasteiger partial charge in [0.05, 0.1) is 34.5 Å². The molecule has 7 heteroatoms. The quantitative estimate of drug-likeness (QED) is 0.785. The standard InChI is InChI=1S/C13H16Cl2N2O3/c1-7-2-3-8(14)13(12(7)15)16-11(20)6-17-4-9(18)10(19)5-17/h2-3,9-10,18-19H,4-6H2,1H3,(H,16,20)/t9-,10+. The molecule has 0 radical (unpaired) electrons. The first kappa shape index (κ1) is 15.5. The number of carbonyl (C=O) groups is 1. The molecule has 1 aromatic carbocycles. The molecule has 1 saturated heterocycles. The number of carbonyl (C=O) groups excluding carboxylic acids is 1. The predicted octanol–water partition coefficient (Wildman–Crippen LogP) is 1.28. The van der Waals surface area contributed by atoms with Gasteiger partial charge < -0.3 is 15.5 Å². The van der Waals surface area contributed by atoms with Crippen molar-refractivity contribution in [2.24, 2.45) is 0 Å². The number of hydrogen-bond acceptors (Lipinski definition) is 4. The Bertz CT molecular complexity index is 515. The number of benzene rings is 1. The lowest BCUT2D eigenvalue weighted by molar-refractivity contribution is -0.117. The van der Waals surface area contributed by atoms with Gasteiger partial charge in [0.1, 0.15) is 0 Å². The van der Waals surface area contributed by atoms with E-state index in [2.05, 4.69) is 5.32 Å². The Morgan fingerprint density at radius 3 is 2.55 bits per heavy atom. The van der Waals surface area contributed by atoms with E-state index in [1.54, 1.807) is 17.0 Å². The second-order valence-electron chi connectivity index (χ2n) is 4.93. The Morgan fingerprint density at radius 2 is 1.95 bits per heavy atom. The second kappa shape index (κ2) is 6.28. The van der Waals surface area contributed by atoms with Gasteiger partial charge in [0, 0.05) is 13.1 Å². The lowest BCUT2D eigenvalue weighted by Crippen LogP contribution is -2.32. The molecule has 20 heavy (non-hydrogen) atoms. The summed E-state index contributed by atoms with van der Waals surface area (Å²) in [6, 6.07) is 3.44. The van der Waals surface area contributed by atoms with E-state index < -0.39 is 12.2 Å². The highest BCUT2D eigenvalue weighted by Crippen LogP contribution is 2.32. The number of rotatable bonds is 3. The van der Waals surface area contributed by atoms with Crippen LogP contribution in [0.4, 0.5) is 5.69 Å². The maximum atomic E-state index is 12.0. The number of amides is 1. The van der Waals surface area contributed by atoms with Crippen LogP contribution in [0.15, 0.2) is 12.1 Å². The smallest absolute Gasteiger partial charge is 0.238 e.